The highest BCUT2D eigenvalue weighted by molar-refractivity contribution is 5.33. The fourth-order valence-electron chi connectivity index (χ4n) is 2.79. The van der Waals surface area contributed by atoms with Crippen LogP contribution < -0.4 is 5.32 Å². The predicted octanol–water partition coefficient (Wildman–Crippen LogP) is 3.04. The SMILES string of the molecule is C[C@@H](NC1Cc2ccccc2C1)c1cncc(F)c1. The molecule has 0 amide bonds. The van der Waals surface area contributed by atoms with Gasteiger partial charge in [0.05, 0.1) is 6.20 Å². The highest BCUT2D eigenvalue weighted by Gasteiger charge is 2.22. The summed E-state index contributed by atoms with van der Waals surface area (Å²) in [5.41, 5.74) is 3.74. The summed E-state index contributed by atoms with van der Waals surface area (Å²) in [6.07, 6.45) is 5.05. The topological polar surface area (TPSA) is 24.9 Å². The van der Waals surface area contributed by atoms with Gasteiger partial charge in [-0.3, -0.25) is 4.98 Å². The van der Waals surface area contributed by atoms with E-state index in [1.165, 1.54) is 17.3 Å². The molecule has 0 saturated heterocycles. The van der Waals surface area contributed by atoms with Crippen LogP contribution >= 0.6 is 0 Å². The summed E-state index contributed by atoms with van der Waals surface area (Å²) in [6, 6.07) is 10.6. The lowest BCUT2D eigenvalue weighted by Gasteiger charge is -2.19. The van der Waals surface area contributed by atoms with Gasteiger partial charge in [0.25, 0.3) is 0 Å². The molecule has 1 aliphatic rings. The third-order valence-corrected chi connectivity index (χ3v) is 3.76. The number of hydrogen-bond donors (Lipinski definition) is 1. The van der Waals surface area contributed by atoms with Crippen molar-refractivity contribution in [3.05, 3.63) is 65.2 Å². The number of halogens is 1. The number of nitrogens with zero attached hydrogens (tertiary/aromatic N) is 1. The molecule has 0 bridgehead atoms. The molecule has 2 aromatic rings. The molecule has 1 aromatic carbocycles. The molecule has 0 saturated carbocycles. The molecular weight excluding hydrogens is 239 g/mol. The average molecular weight is 256 g/mol. The van der Waals surface area contributed by atoms with E-state index in [-0.39, 0.29) is 11.9 Å². The third-order valence-electron chi connectivity index (χ3n) is 3.76. The first-order chi connectivity index (χ1) is 9.22. The standard InChI is InChI=1S/C16H17FN2/c1-11(14-6-15(17)10-18-9-14)19-16-7-12-4-2-3-5-13(12)8-16/h2-6,9-11,16,19H,7-8H2,1H3/t11-/m1/s1. The van der Waals surface area contributed by atoms with Gasteiger partial charge >= 0.3 is 0 Å². The monoisotopic (exact) mass is 256 g/mol. The van der Waals surface area contributed by atoms with Crippen molar-refractivity contribution in [1.29, 1.82) is 0 Å². The Bertz CT molecular complexity index is 557. The molecule has 0 unspecified atom stereocenters. The smallest absolute Gasteiger partial charge is 0.141 e. The van der Waals surface area contributed by atoms with Gasteiger partial charge in [-0.2, -0.15) is 0 Å². The van der Waals surface area contributed by atoms with Gasteiger partial charge in [-0.05, 0) is 42.5 Å². The van der Waals surface area contributed by atoms with Gasteiger partial charge in [0.1, 0.15) is 5.82 Å². The molecule has 3 heteroatoms. The highest BCUT2D eigenvalue weighted by atomic mass is 19.1. The van der Waals surface area contributed by atoms with E-state index in [4.69, 9.17) is 0 Å². The second-order valence-electron chi connectivity index (χ2n) is 5.20. The predicted molar refractivity (Wildman–Crippen MR) is 73.4 cm³/mol. The number of fused-ring (bicyclic) bond motifs is 1. The Balaban J connectivity index is 1.67. The van der Waals surface area contributed by atoms with E-state index in [2.05, 4.69) is 41.5 Å². The van der Waals surface area contributed by atoms with Gasteiger partial charge < -0.3 is 5.32 Å². The molecule has 0 fully saturated rings. The minimum absolute atomic E-state index is 0.113. The number of nitrogens with one attached hydrogen (secondary N) is 1. The fourth-order valence-corrected chi connectivity index (χ4v) is 2.79. The van der Waals surface area contributed by atoms with Gasteiger partial charge in [0.2, 0.25) is 0 Å². The van der Waals surface area contributed by atoms with Crippen molar-refractivity contribution in [2.75, 3.05) is 0 Å². The van der Waals surface area contributed by atoms with E-state index in [9.17, 15) is 4.39 Å². The van der Waals surface area contributed by atoms with Crippen LogP contribution in [0.15, 0.2) is 42.7 Å². The molecule has 2 nitrogen and oxygen atoms in total. The van der Waals surface area contributed by atoms with E-state index in [0.29, 0.717) is 6.04 Å². The number of benzene rings is 1. The van der Waals surface area contributed by atoms with Crippen LogP contribution in [-0.4, -0.2) is 11.0 Å². The second-order valence-corrected chi connectivity index (χ2v) is 5.20. The molecule has 0 radical (unpaired) electrons. The molecule has 1 N–H and O–H groups in total. The maximum atomic E-state index is 13.2. The van der Waals surface area contributed by atoms with Crippen LogP contribution in [0, 0.1) is 5.82 Å². The first-order valence-corrected chi connectivity index (χ1v) is 6.65. The Morgan fingerprint density at radius 3 is 2.53 bits per heavy atom. The van der Waals surface area contributed by atoms with E-state index in [1.54, 1.807) is 12.3 Å². The van der Waals surface area contributed by atoms with Crippen molar-refractivity contribution in [1.82, 2.24) is 10.3 Å². The molecule has 3 rings (SSSR count). The molecular formula is C16H17FN2. The summed E-state index contributed by atoms with van der Waals surface area (Å²) < 4.78 is 13.2. The molecule has 98 valence electrons. The maximum Gasteiger partial charge on any atom is 0.141 e. The van der Waals surface area contributed by atoms with Gasteiger partial charge in [0.15, 0.2) is 0 Å². The first kappa shape index (κ1) is 12.3. The van der Waals surface area contributed by atoms with Crippen LogP contribution in [0.5, 0.6) is 0 Å². The van der Waals surface area contributed by atoms with Crippen molar-refractivity contribution in [3.63, 3.8) is 0 Å². The Morgan fingerprint density at radius 2 is 1.89 bits per heavy atom. The van der Waals surface area contributed by atoms with Crippen LogP contribution in [0.3, 0.4) is 0 Å². The Labute approximate surface area is 112 Å². The molecule has 0 aliphatic heterocycles. The summed E-state index contributed by atoms with van der Waals surface area (Å²) in [4.78, 5) is 3.90. The van der Waals surface area contributed by atoms with Gasteiger partial charge in [-0.15, -0.1) is 0 Å². The normalized spacial score (nSPS) is 16.3. The zero-order valence-corrected chi connectivity index (χ0v) is 10.9. The lowest BCUT2D eigenvalue weighted by atomic mass is 10.1. The van der Waals surface area contributed by atoms with Gasteiger partial charge in [-0.25, -0.2) is 4.39 Å². The average Bonchev–Trinajstić information content (AvgIpc) is 2.80. The Kier molecular flexibility index (Phi) is 3.30. The molecule has 1 aliphatic carbocycles. The Hall–Kier alpha value is -1.74. The number of aromatic nitrogens is 1. The minimum Gasteiger partial charge on any atom is -0.307 e. The van der Waals surface area contributed by atoms with Gasteiger partial charge in [0, 0.05) is 18.3 Å². The first-order valence-electron chi connectivity index (χ1n) is 6.65. The van der Waals surface area contributed by atoms with E-state index in [1.807, 2.05) is 0 Å². The molecule has 1 atom stereocenters. The summed E-state index contributed by atoms with van der Waals surface area (Å²) >= 11 is 0. The van der Waals surface area contributed by atoms with Crippen molar-refractivity contribution in [2.24, 2.45) is 0 Å². The van der Waals surface area contributed by atoms with Crippen LogP contribution in [0.1, 0.15) is 29.7 Å². The number of pyridine rings is 1. The van der Waals surface area contributed by atoms with Gasteiger partial charge in [-0.1, -0.05) is 24.3 Å². The molecule has 19 heavy (non-hydrogen) atoms. The van der Waals surface area contributed by atoms with Crippen LogP contribution in [-0.2, 0) is 12.8 Å². The van der Waals surface area contributed by atoms with Crippen molar-refractivity contribution < 1.29 is 4.39 Å². The van der Waals surface area contributed by atoms with Crippen molar-refractivity contribution in [3.8, 4) is 0 Å². The zero-order chi connectivity index (χ0) is 13.2. The van der Waals surface area contributed by atoms with Crippen LogP contribution in [0.2, 0.25) is 0 Å². The van der Waals surface area contributed by atoms with Crippen molar-refractivity contribution in [2.45, 2.75) is 31.8 Å². The van der Waals surface area contributed by atoms with Crippen LogP contribution in [0.4, 0.5) is 4.39 Å². The number of rotatable bonds is 3. The summed E-state index contributed by atoms with van der Waals surface area (Å²) in [5, 5.41) is 3.56. The quantitative estimate of drug-likeness (QED) is 0.913. The minimum atomic E-state index is -0.277. The van der Waals surface area contributed by atoms with Crippen LogP contribution in [0.25, 0.3) is 0 Å². The summed E-state index contributed by atoms with van der Waals surface area (Å²) in [6.45, 7) is 2.06. The van der Waals surface area contributed by atoms with E-state index >= 15 is 0 Å². The molecule has 0 spiro atoms. The lowest BCUT2D eigenvalue weighted by molar-refractivity contribution is 0.464. The fraction of sp³-hybridized carbons (Fsp3) is 0.312. The zero-order valence-electron chi connectivity index (χ0n) is 10.9. The second kappa shape index (κ2) is 5.10. The van der Waals surface area contributed by atoms with E-state index in [0.717, 1.165) is 18.4 Å². The lowest BCUT2D eigenvalue weighted by Crippen LogP contribution is -2.32. The largest absolute Gasteiger partial charge is 0.307 e. The maximum absolute atomic E-state index is 13.2. The number of hydrogen-bond acceptors (Lipinski definition) is 2. The molecule has 1 heterocycles. The summed E-state index contributed by atoms with van der Waals surface area (Å²) in [7, 11) is 0. The van der Waals surface area contributed by atoms with E-state index < -0.39 is 0 Å². The molecule has 1 aromatic heterocycles. The van der Waals surface area contributed by atoms with Crippen molar-refractivity contribution >= 4 is 0 Å². The third kappa shape index (κ3) is 2.66. The highest BCUT2D eigenvalue weighted by Crippen LogP contribution is 2.24. The Morgan fingerprint density at radius 1 is 1.21 bits per heavy atom. The summed E-state index contributed by atoms with van der Waals surface area (Å²) in [5.74, 6) is -0.277.